The van der Waals surface area contributed by atoms with Crippen LogP contribution in [0.15, 0.2) is 114 Å². The predicted molar refractivity (Wildman–Crippen MR) is 512 cm³/mol. The van der Waals surface area contributed by atoms with Gasteiger partial charge in [-0.1, -0.05) is 107 Å². The van der Waals surface area contributed by atoms with Gasteiger partial charge < -0.3 is 90.0 Å². The van der Waals surface area contributed by atoms with Crippen molar-refractivity contribution < 1.29 is 72.6 Å². The van der Waals surface area contributed by atoms with Crippen LogP contribution in [-0.4, -0.2) is 228 Å². The number of nitro benzene ring substituents is 2. The molecule has 5 atom stereocenters. The molecule has 676 valence electrons. The smallest absolute Gasteiger partial charge is 0.337 e. The average Bonchev–Trinajstić information content (AvgIpc) is 1.18. The monoisotopic (exact) mass is 2090 g/mol. The van der Waals surface area contributed by atoms with E-state index >= 15 is 0 Å². The highest BCUT2D eigenvalue weighted by atomic mass is 127. The molecular weight excluding hydrogens is 1960 g/mol. The first kappa shape index (κ1) is 108. The van der Waals surface area contributed by atoms with Crippen molar-refractivity contribution >= 4 is 123 Å². The third-order valence-electron chi connectivity index (χ3n) is 20.5. The van der Waals surface area contributed by atoms with Crippen LogP contribution in [0.2, 0.25) is 0 Å². The first-order valence-corrected chi connectivity index (χ1v) is 46.0. The normalized spacial score (nSPS) is 17.1. The predicted octanol–water partition coefficient (Wildman–Crippen LogP) is 17.2. The van der Waals surface area contributed by atoms with Gasteiger partial charge in [-0.3, -0.25) is 29.6 Å². The summed E-state index contributed by atoms with van der Waals surface area (Å²) < 4.78 is 52.6. The minimum absolute atomic E-state index is 0.0456. The number of nitro groups is 2. The number of benzene rings is 6. The number of nitrogens with two attached hydrogens (primary N) is 2. The van der Waals surface area contributed by atoms with Crippen LogP contribution < -0.4 is 55.5 Å². The molecular formula is C88H132BrFI3N11O17. The van der Waals surface area contributed by atoms with Gasteiger partial charge in [0.25, 0.3) is 5.56 Å². The first-order chi connectivity index (χ1) is 57.9. The lowest BCUT2D eigenvalue weighted by Crippen LogP contribution is -2.28. The number of nitrogens with one attached hydrogen (secondary N) is 1. The SMILES string of the molecule is CO.COc1cc(F)ccc1[N+](=O)[O-].COc1cc(OCCCN2CCC[C@@H]2C)ccc1-n1c(C)nc2ccc(C)cc2c1=O.COc1cc(OCCCN2CCC[C@@H]2C)ccc1N.COc1cc(OCCCN2CCC[C@@H]2C)ccc1[N+](=O)[O-].C[C@H]1CCCN1.C[C@H]1CCCN1CCCO.Cc1ccc(N)c(C(=O)O)c1.IC(I)I.OCCCBr. The van der Waals surface area contributed by atoms with E-state index in [1.165, 1.54) is 117 Å². The molecule has 0 unspecified atom stereocenters. The fourth-order valence-corrected chi connectivity index (χ4v) is 14.1. The number of carboxylic acids is 1. The van der Waals surface area contributed by atoms with Crippen LogP contribution >= 0.6 is 83.7 Å². The van der Waals surface area contributed by atoms with E-state index in [9.17, 15) is 34.2 Å². The number of hydrogen-bond donors (Lipinski definition) is 7. The van der Waals surface area contributed by atoms with Crippen LogP contribution in [-0.2, 0) is 0 Å². The Morgan fingerprint density at radius 1 is 0.562 bits per heavy atom. The second kappa shape index (κ2) is 61.5. The van der Waals surface area contributed by atoms with Crippen LogP contribution in [0.3, 0.4) is 0 Å². The molecule has 0 saturated carbocycles. The van der Waals surface area contributed by atoms with E-state index in [-0.39, 0.29) is 34.0 Å². The van der Waals surface area contributed by atoms with E-state index in [2.05, 4.69) is 153 Å². The van der Waals surface area contributed by atoms with Gasteiger partial charge in [-0.25, -0.2) is 14.2 Å². The van der Waals surface area contributed by atoms with Gasteiger partial charge in [-0.05, 0) is 245 Å². The van der Waals surface area contributed by atoms with Crippen molar-refractivity contribution in [2.45, 2.75) is 182 Å². The van der Waals surface area contributed by atoms with Crippen molar-refractivity contribution in [1.29, 1.82) is 0 Å². The Bertz CT molecular complexity index is 4190. The van der Waals surface area contributed by atoms with Crippen molar-refractivity contribution in [1.82, 2.24) is 34.5 Å². The van der Waals surface area contributed by atoms with E-state index < -0.39 is 21.6 Å². The van der Waals surface area contributed by atoms with E-state index in [0.717, 1.165) is 136 Å². The Balaban J connectivity index is 0.000000374. The molecule has 7 aromatic rings. The largest absolute Gasteiger partial charge is 0.494 e. The maximum atomic E-state index is 13.2. The van der Waals surface area contributed by atoms with E-state index in [4.69, 9.17) is 60.3 Å². The first-order valence-electron chi connectivity index (χ1n) is 41.2. The number of carbonyl (C=O) groups is 1. The lowest BCUT2D eigenvalue weighted by Gasteiger charge is -2.20. The molecule has 28 nitrogen and oxygen atoms in total. The number of anilines is 2. The fourth-order valence-electron chi connectivity index (χ4n) is 13.8. The molecule has 0 aliphatic carbocycles. The second-order valence-electron chi connectivity index (χ2n) is 29.4. The molecule has 5 fully saturated rings. The van der Waals surface area contributed by atoms with Crippen molar-refractivity contribution in [2.24, 2.45) is 0 Å². The van der Waals surface area contributed by atoms with Gasteiger partial charge in [0.15, 0.2) is 5.75 Å². The average molecular weight is 2100 g/mol. The molecule has 0 radical (unpaired) electrons. The zero-order valence-electron chi connectivity index (χ0n) is 72.8. The molecule has 33 heteroatoms. The molecule has 0 spiro atoms. The lowest BCUT2D eigenvalue weighted by molar-refractivity contribution is -0.385. The number of alkyl halides is 4. The molecule has 9 N–H and O–H groups in total. The Labute approximate surface area is 764 Å². The molecule has 121 heavy (non-hydrogen) atoms. The van der Waals surface area contributed by atoms with E-state index in [1.54, 1.807) is 49.1 Å². The van der Waals surface area contributed by atoms with Gasteiger partial charge in [0.1, 0.15) is 40.3 Å². The summed E-state index contributed by atoms with van der Waals surface area (Å²) >= 11 is 10.1. The number of halogens is 5. The Hall–Kier alpha value is -6.79. The number of aliphatic hydroxyl groups excluding tert-OH is 3. The minimum atomic E-state index is -0.980. The minimum Gasteiger partial charge on any atom is -0.494 e. The van der Waals surface area contributed by atoms with Crippen molar-refractivity contribution in [3.8, 4) is 45.9 Å². The van der Waals surface area contributed by atoms with Gasteiger partial charge in [-0.2, -0.15) is 0 Å². The highest BCUT2D eigenvalue weighted by Gasteiger charge is 2.24. The number of fused-ring (bicyclic) bond motifs is 1. The van der Waals surface area contributed by atoms with Gasteiger partial charge in [-0.15, -0.1) is 0 Å². The molecule has 5 saturated heterocycles. The number of likely N-dealkylation sites (tertiary alicyclic amines) is 4. The summed E-state index contributed by atoms with van der Waals surface area (Å²) in [4.78, 5) is 58.4. The van der Waals surface area contributed by atoms with E-state index in [1.807, 2.05) is 75.4 Å². The number of nitrogen functional groups attached to an aromatic ring is 2. The summed E-state index contributed by atoms with van der Waals surface area (Å²) in [7, 11) is 6.89. The molecule has 12 rings (SSSR count). The summed E-state index contributed by atoms with van der Waals surface area (Å²) in [5, 5.41) is 58.2. The Morgan fingerprint density at radius 2 is 0.967 bits per heavy atom. The molecule has 5 aliphatic rings. The molecule has 6 aromatic carbocycles. The summed E-state index contributed by atoms with van der Waals surface area (Å²) in [6, 6.07) is 33.1. The zero-order chi connectivity index (χ0) is 89.9. The van der Waals surface area contributed by atoms with Gasteiger partial charge in [0.05, 0.1) is 85.9 Å². The van der Waals surface area contributed by atoms with Gasteiger partial charge in [0.2, 0.25) is 5.75 Å². The number of ether oxygens (including phenoxy) is 7. The molecule has 0 amide bonds. The number of nitrogens with zero attached hydrogens (tertiary/aromatic N) is 8. The van der Waals surface area contributed by atoms with Crippen LogP contribution in [0, 0.1) is 46.8 Å². The topological polar surface area (TPSA) is 361 Å². The second-order valence-corrected chi connectivity index (χ2v) is 41.1. The third kappa shape index (κ3) is 40.8. The number of carboxylic acid groups (broad SMARTS) is 1. The number of rotatable bonds is 28. The maximum absolute atomic E-state index is 13.2. The summed E-state index contributed by atoms with van der Waals surface area (Å²) in [6.07, 6.45) is 18.0. The number of aromatic carboxylic acids is 1. The van der Waals surface area contributed by atoms with Crippen molar-refractivity contribution in [3.63, 3.8) is 0 Å². The lowest BCUT2D eigenvalue weighted by atomic mass is 10.1. The highest BCUT2D eigenvalue weighted by Crippen LogP contribution is 2.33. The van der Waals surface area contributed by atoms with Crippen molar-refractivity contribution in [2.75, 3.05) is 144 Å². The number of methoxy groups -OCH3 is 4. The summed E-state index contributed by atoms with van der Waals surface area (Å²) in [5.74, 6) is 2.66. The molecule has 1 aromatic heterocycles. The standard InChI is InChI=1S/C25H31N3O3.C15H22N2O4.C15H24N2O2.C8H9NO2.C8H17NO.C7H6FNO3.C5H11N.C3H7BrO.CHI3.CH4O/c1-17-8-10-22-21(15-17)25(29)28(19(3)26-22)23-11-9-20(16-24(23)30-4)31-14-6-13-27-12-5-7-18(27)2;1-12-5-3-8-16(12)9-4-10-21-13-6-7-14(17(18)19)15(11-13)20-2;1-12-5-3-8-17(12)9-4-10-19-13-6-7-14(16)15(11-13)18-2;1-5-2-3-7(9)6(4-5)8(10)11;1-8-4-2-5-9(8)6-3-7-10;1-12-7-4-5(8)2-3-6(7)9(10)11;1-5-3-2-4-6-5;4-2-1-3-5;2-1(3)4;1-2/h8-11,15-16,18H,5-7,12-14H2,1-4H3;6-7,11-12H,3-5,8-10H2,1-2H3;6-7,11-12H,3-5,8-10,16H2,1-2H3;2-4H,9H2,1H3,(H,10,11);8,10H,2-7H2,1H3;2-4H,1H3;5-6H,2-4H2,1H3;5H,1-3H2;1H;2H,1H3/t18-;2*12-;;8-;;5-;;;/m000.0.0.../s1. The number of aliphatic hydroxyl groups is 3. The zero-order valence-corrected chi connectivity index (χ0v) is 80.8. The van der Waals surface area contributed by atoms with E-state index in [0.29, 0.717) is 89.5 Å². The number of aromatic nitrogens is 2. The quantitative estimate of drug-likeness (QED) is 0.00598. The fraction of sp³-hybridized carbons (Fsp3) is 0.557. The Morgan fingerprint density at radius 3 is 1.35 bits per heavy atom. The van der Waals surface area contributed by atoms with Gasteiger partial charge in [0, 0.05) is 124 Å². The summed E-state index contributed by atoms with van der Waals surface area (Å²) in [6.45, 7) is 30.0. The van der Waals surface area contributed by atoms with Gasteiger partial charge >= 0.3 is 17.3 Å². The highest BCUT2D eigenvalue weighted by molar-refractivity contribution is 14.3. The van der Waals surface area contributed by atoms with Crippen LogP contribution in [0.1, 0.15) is 158 Å². The molecule has 5 aliphatic heterocycles. The van der Waals surface area contributed by atoms with Crippen LogP contribution in [0.5, 0.6) is 40.2 Å². The van der Waals surface area contributed by atoms with Crippen LogP contribution in [0.4, 0.5) is 27.1 Å². The molecule has 0 bridgehead atoms. The van der Waals surface area contributed by atoms with Crippen molar-refractivity contribution in [3.05, 3.63) is 168 Å². The maximum Gasteiger partial charge on any atom is 0.337 e. The Kier molecular flexibility index (Phi) is 55.1. The number of hydrogen-bond acceptors (Lipinski definition) is 24. The number of aryl methyl sites for hydroxylation is 3. The third-order valence-corrected chi connectivity index (χ3v) is 21.0. The van der Waals surface area contributed by atoms with Crippen LogP contribution in [0.25, 0.3) is 16.6 Å². The molecule has 6 heterocycles. The summed E-state index contributed by atoms with van der Waals surface area (Å²) in [5.41, 5.74) is 15.2.